The van der Waals surface area contributed by atoms with Crippen LogP contribution in [-0.2, 0) is 27.3 Å². The Bertz CT molecular complexity index is 1360. The Morgan fingerprint density at radius 3 is 2.31 bits per heavy atom. The van der Waals surface area contributed by atoms with Crippen molar-refractivity contribution in [1.29, 1.82) is 0 Å². The zero-order chi connectivity index (χ0) is 26.7. The summed E-state index contributed by atoms with van der Waals surface area (Å²) in [4.78, 5) is 23.8. The number of aromatic nitrogens is 6. The van der Waals surface area contributed by atoms with E-state index < -0.39 is 5.56 Å². The van der Waals surface area contributed by atoms with Crippen LogP contribution >= 0.6 is 12.4 Å². The van der Waals surface area contributed by atoms with Gasteiger partial charge in [-0.3, -0.25) is 14.5 Å². The second-order valence-electron chi connectivity index (χ2n) is 8.60. The molecule has 5 N–H and O–H groups in total. The van der Waals surface area contributed by atoms with E-state index in [4.69, 9.17) is 25.7 Å². The number of H-pyrrole nitrogens is 1. The fourth-order valence-electron chi connectivity index (χ4n) is 3.83. The average Bonchev–Trinajstić information content (AvgIpc) is 3.51. The summed E-state index contributed by atoms with van der Waals surface area (Å²) in [5.41, 5.74) is 12.8. The third-order valence-electron chi connectivity index (χ3n) is 5.68. The summed E-state index contributed by atoms with van der Waals surface area (Å²) in [5, 5.41) is 4.43. The first kappa shape index (κ1) is 30.2. The molecule has 0 amide bonds. The molecular formula is C25H34ClFN8O4. The molecule has 3 aromatic heterocycles. The molecule has 0 unspecified atom stereocenters. The number of imidazole rings is 1. The Morgan fingerprint density at radius 1 is 0.949 bits per heavy atom. The number of halogens is 2. The summed E-state index contributed by atoms with van der Waals surface area (Å²) >= 11 is 0. The van der Waals surface area contributed by atoms with Crippen molar-refractivity contribution in [2.45, 2.75) is 25.9 Å². The molecule has 12 nitrogen and oxygen atoms in total. The van der Waals surface area contributed by atoms with Gasteiger partial charge in [-0.15, -0.1) is 12.4 Å². The maximum atomic E-state index is 13.4. The molecule has 0 aliphatic rings. The van der Waals surface area contributed by atoms with Crippen molar-refractivity contribution in [2.75, 3.05) is 51.9 Å². The summed E-state index contributed by atoms with van der Waals surface area (Å²) in [5.74, 6) is 0.176. The quantitative estimate of drug-likeness (QED) is 0.173. The van der Waals surface area contributed by atoms with Gasteiger partial charge in [-0.05, 0) is 37.1 Å². The molecule has 14 heteroatoms. The molecular weight excluding hydrogens is 531 g/mol. The second kappa shape index (κ2) is 15.3. The third-order valence-corrected chi connectivity index (χ3v) is 5.68. The van der Waals surface area contributed by atoms with Gasteiger partial charge in [0.25, 0.3) is 5.56 Å². The van der Waals surface area contributed by atoms with Crippen LogP contribution in [0.2, 0.25) is 0 Å². The summed E-state index contributed by atoms with van der Waals surface area (Å²) in [6.45, 7) is 4.90. The molecule has 212 valence electrons. The average molecular weight is 565 g/mol. The van der Waals surface area contributed by atoms with E-state index in [1.165, 1.54) is 12.1 Å². The van der Waals surface area contributed by atoms with E-state index in [2.05, 4.69) is 20.1 Å². The lowest BCUT2D eigenvalue weighted by Crippen LogP contribution is -2.12. The van der Waals surface area contributed by atoms with Crippen molar-refractivity contribution in [1.82, 2.24) is 29.3 Å². The van der Waals surface area contributed by atoms with Gasteiger partial charge in [0.1, 0.15) is 11.6 Å². The summed E-state index contributed by atoms with van der Waals surface area (Å²) in [6.07, 6.45) is 5.15. The molecule has 1 aromatic carbocycles. The highest BCUT2D eigenvalue weighted by Gasteiger charge is 2.18. The van der Waals surface area contributed by atoms with Crippen molar-refractivity contribution in [3.63, 3.8) is 0 Å². The van der Waals surface area contributed by atoms with Crippen molar-refractivity contribution < 1.29 is 18.6 Å². The van der Waals surface area contributed by atoms with Crippen molar-refractivity contribution in [3.05, 3.63) is 58.4 Å². The van der Waals surface area contributed by atoms with Crippen LogP contribution in [0.4, 0.5) is 10.3 Å². The van der Waals surface area contributed by atoms with E-state index in [0.717, 1.165) is 18.4 Å². The summed E-state index contributed by atoms with van der Waals surface area (Å²) < 4.78 is 33.4. The van der Waals surface area contributed by atoms with E-state index in [0.29, 0.717) is 76.3 Å². The predicted molar refractivity (Wildman–Crippen MR) is 147 cm³/mol. The molecule has 0 fully saturated rings. The minimum absolute atomic E-state index is 0. The van der Waals surface area contributed by atoms with E-state index in [-0.39, 0.29) is 29.7 Å². The molecule has 4 aromatic rings. The Hall–Kier alpha value is -3.36. The van der Waals surface area contributed by atoms with Crippen molar-refractivity contribution in [3.8, 4) is 11.4 Å². The number of nitrogens with zero attached hydrogens (tertiary/aromatic N) is 5. The van der Waals surface area contributed by atoms with Crippen LogP contribution in [0.3, 0.4) is 0 Å². The second-order valence-corrected chi connectivity index (χ2v) is 8.60. The van der Waals surface area contributed by atoms with E-state index in [1.807, 2.05) is 6.20 Å². The number of hydrogen-bond acceptors (Lipinski definition) is 9. The van der Waals surface area contributed by atoms with Gasteiger partial charge in [0.05, 0.1) is 44.7 Å². The van der Waals surface area contributed by atoms with Crippen molar-refractivity contribution in [2.24, 2.45) is 5.73 Å². The molecule has 0 aliphatic heterocycles. The van der Waals surface area contributed by atoms with Gasteiger partial charge in [0.2, 0.25) is 5.95 Å². The van der Waals surface area contributed by atoms with Gasteiger partial charge in [-0.2, -0.15) is 10.1 Å². The zero-order valence-corrected chi connectivity index (χ0v) is 22.4. The van der Waals surface area contributed by atoms with Gasteiger partial charge >= 0.3 is 0 Å². The molecule has 0 aliphatic carbocycles. The summed E-state index contributed by atoms with van der Waals surface area (Å²) in [6, 6.07) is 6.11. The fraction of sp³-hybridized carbons (Fsp3) is 0.440. The Kier molecular flexibility index (Phi) is 11.8. The molecule has 4 rings (SSSR count). The monoisotopic (exact) mass is 564 g/mol. The van der Waals surface area contributed by atoms with Gasteiger partial charge < -0.3 is 30.2 Å². The highest BCUT2D eigenvalue weighted by atomic mass is 35.5. The first-order chi connectivity index (χ1) is 18.5. The number of fused-ring (bicyclic) bond motifs is 1. The Morgan fingerprint density at radius 2 is 1.62 bits per heavy atom. The lowest BCUT2D eigenvalue weighted by atomic mass is 10.2. The molecule has 0 bridgehead atoms. The normalized spacial score (nSPS) is 11.2. The number of nitrogens with two attached hydrogens (primary N) is 2. The maximum Gasteiger partial charge on any atom is 0.280 e. The van der Waals surface area contributed by atoms with E-state index >= 15 is 0 Å². The first-order valence-corrected chi connectivity index (χ1v) is 12.5. The molecule has 3 heterocycles. The SMILES string of the molecule is Cl.NCCCOCCOCCOCCCn1cc(-c2nc3c(=O)[nH]c(N)nc3n2Cc2ccc(F)cc2)cn1. The van der Waals surface area contributed by atoms with E-state index in [9.17, 15) is 9.18 Å². The highest BCUT2D eigenvalue weighted by molar-refractivity contribution is 5.85. The van der Waals surface area contributed by atoms with Crippen LogP contribution < -0.4 is 17.0 Å². The van der Waals surface area contributed by atoms with Crippen LogP contribution in [0, 0.1) is 5.82 Å². The molecule has 0 saturated heterocycles. The number of hydrogen-bond donors (Lipinski definition) is 3. The molecule has 39 heavy (non-hydrogen) atoms. The smallest absolute Gasteiger partial charge is 0.280 e. The maximum absolute atomic E-state index is 13.4. The largest absolute Gasteiger partial charge is 0.379 e. The van der Waals surface area contributed by atoms with Crippen LogP contribution in [-0.4, -0.2) is 75.5 Å². The predicted octanol–water partition coefficient (Wildman–Crippen LogP) is 1.96. The van der Waals surface area contributed by atoms with Crippen LogP contribution in [0.25, 0.3) is 22.6 Å². The topological polar surface area (TPSA) is 161 Å². The number of ether oxygens (including phenoxy) is 3. The highest BCUT2D eigenvalue weighted by Crippen LogP contribution is 2.24. The minimum atomic E-state index is -0.431. The van der Waals surface area contributed by atoms with Gasteiger partial charge in [0, 0.05) is 26.0 Å². The van der Waals surface area contributed by atoms with Crippen LogP contribution in [0.15, 0.2) is 41.5 Å². The number of nitrogen functional groups attached to an aromatic ring is 1. The van der Waals surface area contributed by atoms with Crippen LogP contribution in [0.5, 0.6) is 0 Å². The lowest BCUT2D eigenvalue weighted by Gasteiger charge is -2.08. The van der Waals surface area contributed by atoms with Crippen molar-refractivity contribution >= 4 is 29.5 Å². The molecule has 0 saturated carbocycles. The van der Waals surface area contributed by atoms with Gasteiger partial charge in [-0.25, -0.2) is 9.37 Å². The van der Waals surface area contributed by atoms with Crippen LogP contribution in [0.1, 0.15) is 18.4 Å². The van der Waals surface area contributed by atoms with Gasteiger partial charge in [0.15, 0.2) is 11.2 Å². The molecule has 0 radical (unpaired) electrons. The summed E-state index contributed by atoms with van der Waals surface area (Å²) in [7, 11) is 0. The number of aromatic amines is 1. The van der Waals surface area contributed by atoms with Gasteiger partial charge in [-0.1, -0.05) is 12.1 Å². The number of aryl methyl sites for hydroxylation is 1. The number of rotatable bonds is 16. The Balaban J connectivity index is 0.00000420. The zero-order valence-electron chi connectivity index (χ0n) is 21.6. The number of anilines is 1. The molecule has 0 atom stereocenters. The van der Waals surface area contributed by atoms with E-state index in [1.54, 1.807) is 27.6 Å². The fourth-order valence-corrected chi connectivity index (χ4v) is 3.83. The molecule has 0 spiro atoms. The number of nitrogens with one attached hydrogen (secondary N) is 1. The number of benzene rings is 1. The minimum Gasteiger partial charge on any atom is -0.379 e. The standard InChI is InChI=1S/C25H33FN8O4.ClH/c26-20-5-3-18(4-6-20)16-34-22(30-21-23(34)31-25(28)32-24(21)35)19-15-29-33(17-19)8-2-10-37-12-14-38-13-11-36-9-1-7-27;/h3-6,15,17H,1-2,7-14,16,27H2,(H3,28,31,32,35);1H. The Labute approximate surface area is 230 Å². The lowest BCUT2D eigenvalue weighted by molar-refractivity contribution is 0.0135. The third kappa shape index (κ3) is 8.57. The first-order valence-electron chi connectivity index (χ1n) is 12.5.